The van der Waals surface area contributed by atoms with Gasteiger partial charge in [0.25, 0.3) is 5.56 Å². The molecule has 1 aromatic heterocycles. The van der Waals surface area contributed by atoms with E-state index in [1.54, 1.807) is 12.3 Å². The molecule has 0 aliphatic carbocycles. The van der Waals surface area contributed by atoms with Gasteiger partial charge in [0.2, 0.25) is 0 Å². The van der Waals surface area contributed by atoms with E-state index < -0.39 is 0 Å². The van der Waals surface area contributed by atoms with Gasteiger partial charge < -0.3 is 10.1 Å². The van der Waals surface area contributed by atoms with Gasteiger partial charge in [-0.3, -0.25) is 4.79 Å². The Kier molecular flexibility index (Phi) is 6.32. The molecular formula is C12H21N3O2. The highest BCUT2D eigenvalue weighted by Crippen LogP contribution is 1.99. The van der Waals surface area contributed by atoms with Crippen LogP contribution in [0.15, 0.2) is 17.1 Å². The number of rotatable bonds is 8. The van der Waals surface area contributed by atoms with Crippen molar-refractivity contribution in [2.75, 3.05) is 25.1 Å². The fourth-order valence-corrected chi connectivity index (χ4v) is 1.43. The van der Waals surface area contributed by atoms with Crippen LogP contribution in [0.4, 0.5) is 5.69 Å². The molecule has 96 valence electrons. The van der Waals surface area contributed by atoms with Crippen molar-refractivity contribution in [3.8, 4) is 0 Å². The predicted octanol–water partition coefficient (Wildman–Crippen LogP) is 1.49. The highest BCUT2D eigenvalue weighted by atomic mass is 16.5. The molecule has 0 aliphatic rings. The molecule has 0 radical (unpaired) electrons. The summed E-state index contributed by atoms with van der Waals surface area (Å²) in [6.45, 7) is 6.87. The van der Waals surface area contributed by atoms with Crippen molar-refractivity contribution >= 4 is 5.69 Å². The Labute approximate surface area is 102 Å². The predicted molar refractivity (Wildman–Crippen MR) is 68.4 cm³/mol. The van der Waals surface area contributed by atoms with Crippen LogP contribution in [0.3, 0.4) is 0 Å². The van der Waals surface area contributed by atoms with Crippen molar-refractivity contribution < 1.29 is 4.74 Å². The number of hydrogen-bond donors (Lipinski definition) is 1. The Hall–Kier alpha value is -1.36. The topological polar surface area (TPSA) is 56.1 Å². The lowest BCUT2D eigenvalue weighted by Gasteiger charge is -2.07. The summed E-state index contributed by atoms with van der Waals surface area (Å²) in [6, 6.07) is 1.59. The van der Waals surface area contributed by atoms with Crippen LogP contribution in [0.5, 0.6) is 0 Å². The lowest BCUT2D eigenvalue weighted by molar-refractivity contribution is 0.140. The molecule has 1 aromatic rings. The van der Waals surface area contributed by atoms with Crippen LogP contribution in [0, 0.1) is 0 Å². The van der Waals surface area contributed by atoms with E-state index in [9.17, 15) is 4.79 Å². The molecule has 0 fully saturated rings. The molecule has 1 rings (SSSR count). The molecule has 0 unspecified atom stereocenters. The second-order valence-electron chi connectivity index (χ2n) is 3.78. The number of aromatic nitrogens is 2. The minimum atomic E-state index is -0.0670. The fraction of sp³-hybridized carbons (Fsp3) is 0.667. The molecule has 0 spiro atoms. The van der Waals surface area contributed by atoms with E-state index in [1.807, 2.05) is 6.92 Å². The molecular weight excluding hydrogens is 218 g/mol. The summed E-state index contributed by atoms with van der Waals surface area (Å²) in [5, 5.41) is 7.25. The van der Waals surface area contributed by atoms with E-state index >= 15 is 0 Å². The zero-order valence-electron chi connectivity index (χ0n) is 10.6. The van der Waals surface area contributed by atoms with Gasteiger partial charge in [-0.05, 0) is 19.8 Å². The number of anilines is 1. The summed E-state index contributed by atoms with van der Waals surface area (Å²) in [7, 11) is 0. The first-order valence-corrected chi connectivity index (χ1v) is 6.16. The number of nitrogens with zero attached hydrogens (tertiary/aromatic N) is 2. The van der Waals surface area contributed by atoms with E-state index in [2.05, 4.69) is 17.3 Å². The molecule has 17 heavy (non-hydrogen) atoms. The van der Waals surface area contributed by atoms with Crippen LogP contribution in [0.2, 0.25) is 0 Å². The number of nitrogens with one attached hydrogen (secondary N) is 1. The SMILES string of the molecule is CCCNc1cnn(CCCOCC)c(=O)c1. The second-order valence-corrected chi connectivity index (χ2v) is 3.78. The van der Waals surface area contributed by atoms with Crippen molar-refractivity contribution in [1.29, 1.82) is 0 Å². The van der Waals surface area contributed by atoms with Crippen LogP contribution < -0.4 is 10.9 Å². The average Bonchev–Trinajstić information content (AvgIpc) is 2.34. The first-order valence-electron chi connectivity index (χ1n) is 6.16. The molecule has 5 nitrogen and oxygen atoms in total. The van der Waals surface area contributed by atoms with Gasteiger partial charge in [0.05, 0.1) is 11.9 Å². The highest BCUT2D eigenvalue weighted by molar-refractivity contribution is 5.38. The van der Waals surface area contributed by atoms with Crippen LogP contribution in [-0.2, 0) is 11.3 Å². The molecule has 0 bridgehead atoms. The lowest BCUT2D eigenvalue weighted by atomic mass is 10.4. The lowest BCUT2D eigenvalue weighted by Crippen LogP contribution is -2.23. The number of ether oxygens (including phenoxy) is 1. The maximum Gasteiger partial charge on any atom is 0.268 e. The molecule has 0 aliphatic heterocycles. The zero-order chi connectivity index (χ0) is 12.5. The van der Waals surface area contributed by atoms with Crippen LogP contribution >= 0.6 is 0 Å². The highest BCUT2D eigenvalue weighted by Gasteiger charge is 1.99. The van der Waals surface area contributed by atoms with Crippen molar-refractivity contribution in [2.24, 2.45) is 0 Å². The summed E-state index contributed by atoms with van der Waals surface area (Å²) in [6.07, 6.45) is 3.53. The van der Waals surface area contributed by atoms with Crippen molar-refractivity contribution in [3.05, 3.63) is 22.6 Å². The maximum absolute atomic E-state index is 11.7. The Bertz CT molecular complexity index is 376. The Morgan fingerprint density at radius 1 is 1.47 bits per heavy atom. The molecule has 0 saturated heterocycles. The first-order chi connectivity index (χ1) is 8.27. The van der Waals surface area contributed by atoms with Crippen LogP contribution in [0.1, 0.15) is 26.7 Å². The Morgan fingerprint density at radius 3 is 2.94 bits per heavy atom. The number of hydrogen-bond acceptors (Lipinski definition) is 4. The normalized spacial score (nSPS) is 10.5. The van der Waals surface area contributed by atoms with E-state index in [0.29, 0.717) is 19.8 Å². The average molecular weight is 239 g/mol. The molecule has 0 amide bonds. The van der Waals surface area contributed by atoms with Crippen LogP contribution in [0.25, 0.3) is 0 Å². The van der Waals surface area contributed by atoms with Gasteiger partial charge in [-0.25, -0.2) is 4.68 Å². The number of aryl methyl sites for hydroxylation is 1. The third-order valence-electron chi connectivity index (χ3n) is 2.31. The van der Waals surface area contributed by atoms with Gasteiger partial charge in [-0.15, -0.1) is 0 Å². The maximum atomic E-state index is 11.7. The minimum absolute atomic E-state index is 0.0670. The standard InChI is InChI=1S/C12H21N3O2/c1-3-6-13-11-9-12(16)15(14-10-11)7-5-8-17-4-2/h9-10,13H,3-8H2,1-2H3. The van der Waals surface area contributed by atoms with Gasteiger partial charge >= 0.3 is 0 Å². The van der Waals surface area contributed by atoms with Gasteiger partial charge in [-0.1, -0.05) is 6.92 Å². The first kappa shape index (κ1) is 13.7. The van der Waals surface area contributed by atoms with Gasteiger partial charge in [0.1, 0.15) is 0 Å². The summed E-state index contributed by atoms with van der Waals surface area (Å²) in [5.41, 5.74) is 0.723. The van der Waals surface area contributed by atoms with Crippen molar-refractivity contribution in [1.82, 2.24) is 9.78 Å². The largest absolute Gasteiger partial charge is 0.384 e. The zero-order valence-corrected chi connectivity index (χ0v) is 10.6. The van der Waals surface area contributed by atoms with Gasteiger partial charge in [0.15, 0.2) is 0 Å². The van der Waals surface area contributed by atoms with E-state index in [1.165, 1.54) is 4.68 Å². The second kappa shape index (κ2) is 7.84. The van der Waals surface area contributed by atoms with E-state index in [4.69, 9.17) is 4.74 Å². The Balaban J connectivity index is 2.48. The molecule has 1 N–H and O–H groups in total. The summed E-state index contributed by atoms with van der Waals surface area (Å²) >= 11 is 0. The summed E-state index contributed by atoms with van der Waals surface area (Å²) in [5.74, 6) is 0. The van der Waals surface area contributed by atoms with Gasteiger partial charge in [-0.2, -0.15) is 5.10 Å². The third kappa shape index (κ3) is 4.99. The molecule has 0 aromatic carbocycles. The summed E-state index contributed by atoms with van der Waals surface area (Å²) in [4.78, 5) is 11.7. The minimum Gasteiger partial charge on any atom is -0.384 e. The molecule has 0 saturated carbocycles. The fourth-order valence-electron chi connectivity index (χ4n) is 1.43. The molecule has 0 atom stereocenters. The quantitative estimate of drug-likeness (QED) is 0.698. The van der Waals surface area contributed by atoms with E-state index in [-0.39, 0.29) is 5.56 Å². The third-order valence-corrected chi connectivity index (χ3v) is 2.31. The monoisotopic (exact) mass is 239 g/mol. The van der Waals surface area contributed by atoms with Crippen molar-refractivity contribution in [3.63, 3.8) is 0 Å². The molecule has 1 heterocycles. The van der Waals surface area contributed by atoms with Crippen molar-refractivity contribution in [2.45, 2.75) is 33.2 Å². The van der Waals surface area contributed by atoms with E-state index in [0.717, 1.165) is 25.1 Å². The smallest absolute Gasteiger partial charge is 0.268 e. The molecule has 5 heteroatoms. The Morgan fingerprint density at radius 2 is 2.29 bits per heavy atom. The van der Waals surface area contributed by atoms with Gasteiger partial charge in [0, 0.05) is 32.4 Å². The summed E-state index contributed by atoms with van der Waals surface area (Å²) < 4.78 is 6.68. The van der Waals surface area contributed by atoms with Crippen LogP contribution in [-0.4, -0.2) is 29.5 Å².